The number of methoxy groups -OCH3 is 1. The van der Waals surface area contributed by atoms with Gasteiger partial charge >= 0.3 is 11.9 Å². The Morgan fingerprint density at radius 1 is 0.871 bits per heavy atom. The molecule has 0 saturated carbocycles. The van der Waals surface area contributed by atoms with Crippen molar-refractivity contribution in [3.8, 4) is 22.6 Å². The number of benzene rings is 3. The average molecular weight is 412 g/mol. The highest BCUT2D eigenvalue weighted by molar-refractivity contribution is 6.05. The van der Waals surface area contributed by atoms with Crippen LogP contribution >= 0.6 is 0 Å². The summed E-state index contributed by atoms with van der Waals surface area (Å²) < 4.78 is 15.9. The second kappa shape index (κ2) is 8.71. The quantitative estimate of drug-likeness (QED) is 0.325. The Morgan fingerprint density at radius 3 is 2.23 bits per heavy atom. The minimum absolute atomic E-state index is 0.320. The second-order valence-electron chi connectivity index (χ2n) is 6.95. The van der Waals surface area contributed by atoms with E-state index in [0.717, 1.165) is 22.3 Å². The van der Waals surface area contributed by atoms with Gasteiger partial charge in [-0.3, -0.25) is 4.79 Å². The average Bonchev–Trinajstić information content (AvgIpc) is 3.15. The normalized spacial score (nSPS) is 14.2. The summed E-state index contributed by atoms with van der Waals surface area (Å²) in [5.41, 5.74) is 4.17. The number of ether oxygens (including phenoxy) is 3. The maximum atomic E-state index is 12.4. The molecule has 0 amide bonds. The molecule has 1 aliphatic rings. The van der Waals surface area contributed by atoms with E-state index in [2.05, 4.69) is 0 Å². The summed E-state index contributed by atoms with van der Waals surface area (Å²) in [5, 5.41) is 0. The molecule has 0 fully saturated rings. The van der Waals surface area contributed by atoms with Crippen molar-refractivity contribution in [1.82, 2.24) is 0 Å². The number of cyclic esters (lactones) is 1. The summed E-state index contributed by atoms with van der Waals surface area (Å²) in [6.45, 7) is 1.32. The number of carbonyl (C=O) groups excluding carboxylic acids is 2. The lowest BCUT2D eigenvalue weighted by Gasteiger charge is -2.08. The summed E-state index contributed by atoms with van der Waals surface area (Å²) in [6.07, 6.45) is 3.42. The highest BCUT2D eigenvalue weighted by atomic mass is 16.6. The van der Waals surface area contributed by atoms with Gasteiger partial charge in [0.1, 0.15) is 5.76 Å². The molecule has 0 saturated heterocycles. The minimum atomic E-state index is -0.436. The zero-order valence-electron chi connectivity index (χ0n) is 17.1. The zero-order chi connectivity index (χ0) is 21.8. The predicted molar refractivity (Wildman–Crippen MR) is 118 cm³/mol. The Hall–Kier alpha value is -4.12. The molecule has 0 spiro atoms. The number of hydrogen-bond donors (Lipinski definition) is 0. The number of esters is 2. The Balaban J connectivity index is 1.58. The Labute approximate surface area is 180 Å². The van der Waals surface area contributed by atoms with Crippen LogP contribution < -0.4 is 9.47 Å². The van der Waals surface area contributed by atoms with Crippen LogP contribution in [-0.2, 0) is 14.3 Å². The summed E-state index contributed by atoms with van der Waals surface area (Å²) in [4.78, 5) is 23.6. The maximum absolute atomic E-state index is 12.4. The summed E-state index contributed by atoms with van der Waals surface area (Å²) in [5.74, 6) is 0.358. The van der Waals surface area contributed by atoms with Gasteiger partial charge in [0.2, 0.25) is 0 Å². The molecule has 1 heterocycles. The molecule has 0 N–H and O–H groups in total. The second-order valence-corrected chi connectivity index (χ2v) is 6.95. The molecular weight excluding hydrogens is 392 g/mol. The SMILES string of the molecule is COc1cc(/C=C2\C=C(c3ccc(-c4ccccc4)cc3)OC2=O)ccc1OC(C)=O. The molecule has 0 aromatic heterocycles. The Kier molecular flexibility index (Phi) is 5.67. The van der Waals surface area contributed by atoms with Crippen LogP contribution in [0.25, 0.3) is 23.0 Å². The monoisotopic (exact) mass is 412 g/mol. The van der Waals surface area contributed by atoms with Crippen molar-refractivity contribution in [2.24, 2.45) is 0 Å². The molecule has 0 unspecified atom stereocenters. The first kappa shape index (κ1) is 20.2. The molecule has 0 bridgehead atoms. The summed E-state index contributed by atoms with van der Waals surface area (Å²) in [6, 6.07) is 23.0. The minimum Gasteiger partial charge on any atom is -0.493 e. The lowest BCUT2D eigenvalue weighted by atomic mass is 10.0. The topological polar surface area (TPSA) is 61.8 Å². The third kappa shape index (κ3) is 4.56. The maximum Gasteiger partial charge on any atom is 0.343 e. The van der Waals surface area contributed by atoms with Crippen LogP contribution in [0.15, 0.2) is 84.4 Å². The van der Waals surface area contributed by atoms with Crippen LogP contribution in [0.3, 0.4) is 0 Å². The summed E-state index contributed by atoms with van der Waals surface area (Å²) in [7, 11) is 1.49. The van der Waals surface area contributed by atoms with Gasteiger partial charge in [0.25, 0.3) is 0 Å². The van der Waals surface area contributed by atoms with Gasteiger partial charge in [0.15, 0.2) is 11.5 Å². The van der Waals surface area contributed by atoms with Crippen molar-refractivity contribution >= 4 is 23.8 Å². The lowest BCUT2D eigenvalue weighted by Crippen LogP contribution is -2.03. The fraction of sp³-hybridized carbons (Fsp3) is 0.0769. The van der Waals surface area contributed by atoms with Gasteiger partial charge in [-0.1, -0.05) is 60.7 Å². The molecule has 1 aliphatic heterocycles. The van der Waals surface area contributed by atoms with E-state index in [1.165, 1.54) is 14.0 Å². The van der Waals surface area contributed by atoms with Crippen molar-refractivity contribution < 1.29 is 23.8 Å². The molecular formula is C26H20O5. The first-order valence-electron chi connectivity index (χ1n) is 9.71. The van der Waals surface area contributed by atoms with Crippen LogP contribution in [0, 0.1) is 0 Å². The fourth-order valence-corrected chi connectivity index (χ4v) is 3.28. The van der Waals surface area contributed by atoms with E-state index < -0.39 is 11.9 Å². The van der Waals surface area contributed by atoms with Gasteiger partial charge in [-0.05, 0) is 41.0 Å². The standard InChI is InChI=1S/C26H20O5/c1-17(27)30-23-13-8-18(15-25(23)29-2)14-22-16-24(31-26(22)28)21-11-9-20(10-12-21)19-6-4-3-5-7-19/h3-16H,1-2H3/b22-14+. The van der Waals surface area contributed by atoms with E-state index >= 15 is 0 Å². The van der Waals surface area contributed by atoms with Gasteiger partial charge in [-0.2, -0.15) is 0 Å². The third-order valence-electron chi connectivity index (χ3n) is 4.77. The Morgan fingerprint density at radius 2 is 1.55 bits per heavy atom. The fourth-order valence-electron chi connectivity index (χ4n) is 3.28. The third-order valence-corrected chi connectivity index (χ3v) is 4.77. The van der Waals surface area contributed by atoms with Gasteiger partial charge in [0.05, 0.1) is 12.7 Å². The van der Waals surface area contributed by atoms with Gasteiger partial charge in [-0.15, -0.1) is 0 Å². The Bertz CT molecular complexity index is 1190. The first-order valence-corrected chi connectivity index (χ1v) is 9.71. The number of carbonyl (C=O) groups is 2. The zero-order valence-corrected chi connectivity index (χ0v) is 17.1. The molecule has 0 radical (unpaired) electrons. The molecule has 5 heteroatoms. The van der Waals surface area contributed by atoms with Crippen LogP contribution in [0.1, 0.15) is 18.1 Å². The van der Waals surface area contributed by atoms with E-state index in [9.17, 15) is 9.59 Å². The molecule has 154 valence electrons. The molecule has 3 aromatic carbocycles. The van der Waals surface area contributed by atoms with Crippen LogP contribution in [-0.4, -0.2) is 19.0 Å². The van der Waals surface area contributed by atoms with Crippen LogP contribution in [0.4, 0.5) is 0 Å². The lowest BCUT2D eigenvalue weighted by molar-refractivity contribution is -0.132. The smallest absolute Gasteiger partial charge is 0.343 e. The van der Waals surface area contributed by atoms with E-state index in [1.807, 2.05) is 54.6 Å². The molecule has 4 rings (SSSR count). The molecule has 0 aliphatic carbocycles. The van der Waals surface area contributed by atoms with Gasteiger partial charge in [0, 0.05) is 12.5 Å². The molecule has 5 nitrogen and oxygen atoms in total. The van der Waals surface area contributed by atoms with Crippen LogP contribution in [0.5, 0.6) is 11.5 Å². The van der Waals surface area contributed by atoms with E-state index in [4.69, 9.17) is 14.2 Å². The number of rotatable bonds is 5. The summed E-state index contributed by atoms with van der Waals surface area (Å²) >= 11 is 0. The highest BCUT2D eigenvalue weighted by Crippen LogP contribution is 2.32. The largest absolute Gasteiger partial charge is 0.493 e. The van der Waals surface area contributed by atoms with E-state index in [0.29, 0.717) is 22.8 Å². The first-order chi connectivity index (χ1) is 15.0. The van der Waals surface area contributed by atoms with Crippen molar-refractivity contribution in [2.45, 2.75) is 6.92 Å². The number of hydrogen-bond acceptors (Lipinski definition) is 5. The van der Waals surface area contributed by atoms with Crippen molar-refractivity contribution in [2.75, 3.05) is 7.11 Å². The molecule has 3 aromatic rings. The molecule has 31 heavy (non-hydrogen) atoms. The van der Waals surface area contributed by atoms with E-state index in [1.54, 1.807) is 30.4 Å². The van der Waals surface area contributed by atoms with Crippen LogP contribution in [0.2, 0.25) is 0 Å². The highest BCUT2D eigenvalue weighted by Gasteiger charge is 2.22. The van der Waals surface area contributed by atoms with Crippen molar-refractivity contribution in [3.05, 3.63) is 95.6 Å². The van der Waals surface area contributed by atoms with E-state index in [-0.39, 0.29) is 0 Å². The van der Waals surface area contributed by atoms with Crippen molar-refractivity contribution in [1.29, 1.82) is 0 Å². The van der Waals surface area contributed by atoms with Gasteiger partial charge < -0.3 is 14.2 Å². The van der Waals surface area contributed by atoms with Crippen molar-refractivity contribution in [3.63, 3.8) is 0 Å². The predicted octanol–water partition coefficient (Wildman–Crippen LogP) is 5.27. The molecule has 0 atom stereocenters. The van der Waals surface area contributed by atoms with Gasteiger partial charge in [-0.25, -0.2) is 4.79 Å².